The second-order valence-corrected chi connectivity index (χ2v) is 5.22. The van der Waals surface area contributed by atoms with Crippen molar-refractivity contribution in [2.45, 2.75) is 20.5 Å². The van der Waals surface area contributed by atoms with E-state index in [0.717, 1.165) is 39.0 Å². The highest BCUT2D eigenvalue weighted by atomic mass is 16.5. The van der Waals surface area contributed by atoms with Crippen LogP contribution in [0.3, 0.4) is 0 Å². The van der Waals surface area contributed by atoms with Crippen molar-refractivity contribution in [3.05, 3.63) is 65.4 Å². The summed E-state index contributed by atoms with van der Waals surface area (Å²) in [6.07, 6.45) is 1.78. The Bertz CT molecular complexity index is 776. The maximum Gasteiger partial charge on any atom is 0.125 e. The second kappa shape index (κ2) is 5.44. The molecule has 0 aliphatic rings. The molecule has 0 spiro atoms. The van der Waals surface area contributed by atoms with Crippen molar-refractivity contribution in [3.63, 3.8) is 0 Å². The van der Waals surface area contributed by atoms with Crippen LogP contribution in [0.1, 0.15) is 16.7 Å². The zero-order valence-corrected chi connectivity index (χ0v) is 12.3. The molecule has 0 aliphatic heterocycles. The number of nitrogens with two attached hydrogens (primary N) is 1. The number of benzene rings is 2. The summed E-state index contributed by atoms with van der Waals surface area (Å²) in [6.45, 7) is 4.60. The van der Waals surface area contributed by atoms with Crippen molar-refractivity contribution < 1.29 is 4.74 Å². The van der Waals surface area contributed by atoms with Gasteiger partial charge in [0.25, 0.3) is 0 Å². The summed E-state index contributed by atoms with van der Waals surface area (Å²) in [6, 6.07) is 13.9. The van der Waals surface area contributed by atoms with Gasteiger partial charge >= 0.3 is 0 Å². The fourth-order valence-electron chi connectivity index (χ4n) is 2.55. The molecule has 3 heteroatoms. The average Bonchev–Trinajstić information content (AvgIpc) is 2.49. The van der Waals surface area contributed by atoms with Gasteiger partial charge < -0.3 is 10.5 Å². The number of anilines is 1. The minimum absolute atomic E-state index is 0.486. The van der Waals surface area contributed by atoms with E-state index in [0.29, 0.717) is 6.61 Å². The number of ether oxygens (including phenoxy) is 1. The summed E-state index contributed by atoms with van der Waals surface area (Å²) in [5.41, 5.74) is 11.0. The highest BCUT2D eigenvalue weighted by Crippen LogP contribution is 2.26. The number of rotatable bonds is 3. The average molecular weight is 278 g/mol. The molecule has 21 heavy (non-hydrogen) atoms. The van der Waals surface area contributed by atoms with Gasteiger partial charge in [-0.25, -0.2) is 0 Å². The van der Waals surface area contributed by atoms with Crippen LogP contribution in [0, 0.1) is 13.8 Å². The molecule has 0 saturated carbocycles. The predicted molar refractivity (Wildman–Crippen MR) is 86.4 cm³/mol. The molecule has 0 amide bonds. The van der Waals surface area contributed by atoms with E-state index in [-0.39, 0.29) is 0 Å². The van der Waals surface area contributed by atoms with E-state index in [1.165, 1.54) is 0 Å². The monoisotopic (exact) mass is 278 g/mol. The summed E-state index contributed by atoms with van der Waals surface area (Å²) in [5.74, 6) is 0.943. The van der Waals surface area contributed by atoms with Crippen molar-refractivity contribution in [1.29, 1.82) is 0 Å². The van der Waals surface area contributed by atoms with Crippen molar-refractivity contribution in [1.82, 2.24) is 4.98 Å². The molecule has 106 valence electrons. The summed E-state index contributed by atoms with van der Waals surface area (Å²) < 4.78 is 6.02. The van der Waals surface area contributed by atoms with Crippen LogP contribution < -0.4 is 10.5 Å². The van der Waals surface area contributed by atoms with Gasteiger partial charge in [0.05, 0.1) is 5.52 Å². The van der Waals surface area contributed by atoms with Crippen molar-refractivity contribution >= 4 is 16.6 Å². The van der Waals surface area contributed by atoms with Gasteiger partial charge in [-0.3, -0.25) is 4.98 Å². The lowest BCUT2D eigenvalue weighted by Crippen LogP contribution is -2.01. The Kier molecular flexibility index (Phi) is 3.48. The van der Waals surface area contributed by atoms with E-state index in [2.05, 4.69) is 31.0 Å². The van der Waals surface area contributed by atoms with Gasteiger partial charge in [0.1, 0.15) is 12.4 Å². The highest BCUT2D eigenvalue weighted by molar-refractivity contribution is 5.92. The number of aryl methyl sites for hydroxylation is 2. The number of para-hydroxylation sites is 1. The van der Waals surface area contributed by atoms with Gasteiger partial charge in [-0.2, -0.15) is 0 Å². The van der Waals surface area contributed by atoms with E-state index in [4.69, 9.17) is 10.5 Å². The van der Waals surface area contributed by atoms with Crippen molar-refractivity contribution in [2.75, 3.05) is 5.73 Å². The highest BCUT2D eigenvalue weighted by Gasteiger charge is 2.08. The summed E-state index contributed by atoms with van der Waals surface area (Å²) in [5, 5.41) is 0.972. The summed E-state index contributed by atoms with van der Waals surface area (Å²) in [4.78, 5) is 4.44. The first-order valence-corrected chi connectivity index (χ1v) is 6.98. The number of nitrogens with zero attached hydrogens (tertiary/aromatic N) is 1. The fourth-order valence-corrected chi connectivity index (χ4v) is 2.55. The SMILES string of the molecule is Cc1cccc(C)c1OCc1ccc(N)c2cccnc12. The summed E-state index contributed by atoms with van der Waals surface area (Å²) >= 11 is 0. The quantitative estimate of drug-likeness (QED) is 0.736. The fraction of sp³-hybridized carbons (Fsp3) is 0.167. The minimum Gasteiger partial charge on any atom is -0.488 e. The Morgan fingerprint density at radius 3 is 2.52 bits per heavy atom. The molecule has 2 N–H and O–H groups in total. The van der Waals surface area contributed by atoms with Crippen LogP contribution in [0.25, 0.3) is 10.9 Å². The lowest BCUT2D eigenvalue weighted by Gasteiger charge is -2.13. The largest absolute Gasteiger partial charge is 0.488 e. The normalized spacial score (nSPS) is 10.8. The van der Waals surface area contributed by atoms with E-state index in [9.17, 15) is 0 Å². The molecule has 3 aromatic rings. The number of hydrogen-bond acceptors (Lipinski definition) is 3. The van der Waals surface area contributed by atoms with Gasteiger partial charge in [-0.05, 0) is 43.2 Å². The number of fused-ring (bicyclic) bond motifs is 1. The molecule has 1 heterocycles. The van der Waals surface area contributed by atoms with Gasteiger partial charge in [0, 0.05) is 22.8 Å². The molecule has 3 nitrogen and oxygen atoms in total. The minimum atomic E-state index is 0.486. The third-order valence-corrected chi connectivity index (χ3v) is 3.67. The Morgan fingerprint density at radius 2 is 1.76 bits per heavy atom. The molecule has 1 aromatic heterocycles. The van der Waals surface area contributed by atoms with E-state index in [1.807, 2.05) is 30.3 Å². The molecule has 0 bridgehead atoms. The molecule has 0 fully saturated rings. The van der Waals surface area contributed by atoms with Crippen LogP contribution in [-0.4, -0.2) is 4.98 Å². The van der Waals surface area contributed by atoms with Crippen LogP contribution in [0.4, 0.5) is 5.69 Å². The maximum absolute atomic E-state index is 6.02. The van der Waals surface area contributed by atoms with Crippen LogP contribution >= 0.6 is 0 Å². The third-order valence-electron chi connectivity index (χ3n) is 3.67. The van der Waals surface area contributed by atoms with Crippen LogP contribution in [0.15, 0.2) is 48.7 Å². The molecule has 3 rings (SSSR count). The van der Waals surface area contributed by atoms with Crippen molar-refractivity contribution in [2.24, 2.45) is 0 Å². The molecule has 0 atom stereocenters. The Labute approximate surface area is 124 Å². The van der Waals surface area contributed by atoms with E-state index in [1.54, 1.807) is 6.20 Å². The molecule has 0 radical (unpaired) electrons. The lowest BCUT2D eigenvalue weighted by atomic mass is 10.1. The molecular formula is C18H18N2O. The molecule has 0 saturated heterocycles. The number of aromatic nitrogens is 1. The molecule has 2 aromatic carbocycles. The first-order valence-electron chi connectivity index (χ1n) is 6.98. The molecular weight excluding hydrogens is 260 g/mol. The topological polar surface area (TPSA) is 48.1 Å². The smallest absolute Gasteiger partial charge is 0.125 e. The predicted octanol–water partition coefficient (Wildman–Crippen LogP) is 4.01. The van der Waals surface area contributed by atoms with Gasteiger partial charge in [0.15, 0.2) is 0 Å². The van der Waals surface area contributed by atoms with E-state index < -0.39 is 0 Å². The molecule has 0 unspecified atom stereocenters. The molecule has 0 aliphatic carbocycles. The summed E-state index contributed by atoms with van der Waals surface area (Å²) in [7, 11) is 0. The zero-order valence-electron chi connectivity index (χ0n) is 12.3. The Hall–Kier alpha value is -2.55. The number of pyridine rings is 1. The third kappa shape index (κ3) is 2.55. The van der Waals surface area contributed by atoms with Crippen molar-refractivity contribution in [3.8, 4) is 5.75 Å². The van der Waals surface area contributed by atoms with Crippen LogP contribution in [0.2, 0.25) is 0 Å². The Morgan fingerprint density at radius 1 is 1.00 bits per heavy atom. The number of nitrogen functional groups attached to an aromatic ring is 1. The lowest BCUT2D eigenvalue weighted by molar-refractivity contribution is 0.303. The maximum atomic E-state index is 6.02. The van der Waals surface area contributed by atoms with Gasteiger partial charge in [0.2, 0.25) is 0 Å². The first-order chi connectivity index (χ1) is 10.2. The Balaban J connectivity index is 1.94. The number of hydrogen-bond donors (Lipinski definition) is 1. The van der Waals surface area contributed by atoms with Crippen LogP contribution in [0.5, 0.6) is 5.75 Å². The zero-order chi connectivity index (χ0) is 14.8. The van der Waals surface area contributed by atoms with E-state index >= 15 is 0 Å². The second-order valence-electron chi connectivity index (χ2n) is 5.22. The van der Waals surface area contributed by atoms with Gasteiger partial charge in [-0.1, -0.05) is 24.3 Å². The van der Waals surface area contributed by atoms with Crippen LogP contribution in [-0.2, 0) is 6.61 Å². The first kappa shape index (κ1) is 13.4. The van der Waals surface area contributed by atoms with Gasteiger partial charge in [-0.15, -0.1) is 0 Å². The standard InChI is InChI=1S/C18H18N2O/c1-12-5-3-6-13(2)18(12)21-11-14-8-9-16(19)15-7-4-10-20-17(14)15/h3-10H,11,19H2,1-2H3.